The number of hydrogen-bond donors (Lipinski definition) is 0. The maximum atomic E-state index is 12.2. The highest BCUT2D eigenvalue weighted by Gasteiger charge is 2.33. The molecule has 2 heterocycles. The number of rotatable bonds is 1. The number of esters is 1. The predicted molar refractivity (Wildman–Crippen MR) is 70.8 cm³/mol. The SMILES string of the molecule is COC(=O)c1cnn2c3c(cnc12)C(=O)CC(C)(C)C3. The van der Waals surface area contributed by atoms with Gasteiger partial charge in [0, 0.05) is 12.6 Å². The van der Waals surface area contributed by atoms with Crippen molar-refractivity contribution >= 4 is 17.4 Å². The molecule has 0 fully saturated rings. The van der Waals surface area contributed by atoms with Gasteiger partial charge in [0.2, 0.25) is 0 Å². The third kappa shape index (κ3) is 1.79. The van der Waals surface area contributed by atoms with E-state index in [4.69, 9.17) is 4.74 Å². The van der Waals surface area contributed by atoms with Crippen LogP contribution in [-0.4, -0.2) is 33.5 Å². The molecule has 0 saturated heterocycles. The average Bonchev–Trinajstić information content (AvgIpc) is 2.80. The maximum absolute atomic E-state index is 12.2. The van der Waals surface area contributed by atoms with Crippen LogP contribution in [0.2, 0.25) is 0 Å². The van der Waals surface area contributed by atoms with E-state index in [1.807, 2.05) is 13.8 Å². The first kappa shape index (κ1) is 12.8. The van der Waals surface area contributed by atoms with E-state index in [2.05, 4.69) is 10.1 Å². The summed E-state index contributed by atoms with van der Waals surface area (Å²) in [4.78, 5) is 28.0. The average molecular weight is 273 g/mol. The van der Waals surface area contributed by atoms with Gasteiger partial charge in [-0.25, -0.2) is 14.3 Å². The number of ether oxygens (including phenoxy) is 1. The summed E-state index contributed by atoms with van der Waals surface area (Å²) in [5.41, 5.74) is 2.03. The van der Waals surface area contributed by atoms with Crippen molar-refractivity contribution in [1.82, 2.24) is 14.6 Å². The second kappa shape index (κ2) is 4.13. The summed E-state index contributed by atoms with van der Waals surface area (Å²) >= 11 is 0. The maximum Gasteiger partial charge on any atom is 0.343 e. The summed E-state index contributed by atoms with van der Waals surface area (Å²) in [5, 5.41) is 4.20. The summed E-state index contributed by atoms with van der Waals surface area (Å²) in [7, 11) is 1.32. The fraction of sp³-hybridized carbons (Fsp3) is 0.429. The van der Waals surface area contributed by atoms with Crippen molar-refractivity contribution in [3.8, 4) is 0 Å². The van der Waals surface area contributed by atoms with Crippen LogP contribution in [0, 0.1) is 5.41 Å². The van der Waals surface area contributed by atoms with Gasteiger partial charge in [-0.05, 0) is 11.8 Å². The first-order valence-corrected chi connectivity index (χ1v) is 6.40. The summed E-state index contributed by atoms with van der Waals surface area (Å²) in [6.45, 7) is 4.09. The van der Waals surface area contributed by atoms with Crippen molar-refractivity contribution in [3.05, 3.63) is 29.2 Å². The Labute approximate surface area is 115 Å². The van der Waals surface area contributed by atoms with E-state index in [9.17, 15) is 9.59 Å². The lowest BCUT2D eigenvalue weighted by atomic mass is 9.76. The largest absolute Gasteiger partial charge is 0.465 e. The molecule has 104 valence electrons. The van der Waals surface area contributed by atoms with E-state index in [-0.39, 0.29) is 11.2 Å². The van der Waals surface area contributed by atoms with Gasteiger partial charge in [0.05, 0.1) is 24.6 Å². The van der Waals surface area contributed by atoms with Crippen molar-refractivity contribution in [3.63, 3.8) is 0 Å². The number of ketones is 1. The molecule has 0 atom stereocenters. The number of methoxy groups -OCH3 is 1. The van der Waals surface area contributed by atoms with Crippen LogP contribution < -0.4 is 0 Å². The summed E-state index contributed by atoms with van der Waals surface area (Å²) in [5.74, 6) is -0.408. The number of nitrogens with zero attached hydrogens (tertiary/aromatic N) is 3. The Bertz CT molecular complexity index is 731. The zero-order valence-corrected chi connectivity index (χ0v) is 11.6. The van der Waals surface area contributed by atoms with Crippen molar-refractivity contribution in [2.45, 2.75) is 26.7 Å². The zero-order chi connectivity index (χ0) is 14.5. The molecule has 2 aromatic rings. The third-order valence-corrected chi connectivity index (χ3v) is 3.62. The zero-order valence-electron chi connectivity index (χ0n) is 11.6. The molecule has 1 aliphatic rings. The molecule has 0 bridgehead atoms. The molecule has 2 aromatic heterocycles. The van der Waals surface area contributed by atoms with Crippen molar-refractivity contribution in [2.75, 3.05) is 7.11 Å². The molecule has 0 amide bonds. The molecule has 0 unspecified atom stereocenters. The predicted octanol–water partition coefficient (Wildman–Crippen LogP) is 1.67. The van der Waals surface area contributed by atoms with Crippen LogP contribution in [0.15, 0.2) is 12.4 Å². The molecule has 0 aliphatic heterocycles. The van der Waals surface area contributed by atoms with Gasteiger partial charge in [0.1, 0.15) is 5.56 Å². The fourth-order valence-corrected chi connectivity index (χ4v) is 2.68. The lowest BCUT2D eigenvalue weighted by molar-refractivity contribution is 0.0602. The molecule has 1 aliphatic carbocycles. The standard InChI is InChI=1S/C14H15N3O3/c1-14(2)4-10-8(11(18)5-14)6-15-12-9(13(19)20-3)7-16-17(10)12/h6-7H,4-5H2,1-3H3. The Morgan fingerprint density at radius 1 is 1.35 bits per heavy atom. The number of carbonyl (C=O) groups is 2. The molecule has 3 rings (SSSR count). The monoisotopic (exact) mass is 273 g/mol. The minimum Gasteiger partial charge on any atom is -0.465 e. The number of carbonyl (C=O) groups excluding carboxylic acids is 2. The Balaban J connectivity index is 2.24. The summed E-state index contributed by atoms with van der Waals surface area (Å²) in [6, 6.07) is 0. The molecule has 0 aromatic carbocycles. The minimum absolute atomic E-state index is 0.0702. The Morgan fingerprint density at radius 3 is 2.80 bits per heavy atom. The Morgan fingerprint density at radius 2 is 2.10 bits per heavy atom. The van der Waals surface area contributed by atoms with Crippen LogP contribution >= 0.6 is 0 Å². The van der Waals surface area contributed by atoms with Gasteiger partial charge in [0.25, 0.3) is 0 Å². The topological polar surface area (TPSA) is 73.6 Å². The molecule has 6 nitrogen and oxygen atoms in total. The molecule has 0 spiro atoms. The van der Waals surface area contributed by atoms with E-state index in [0.29, 0.717) is 23.2 Å². The molecule has 20 heavy (non-hydrogen) atoms. The van der Waals surface area contributed by atoms with Gasteiger partial charge in [-0.3, -0.25) is 4.79 Å². The lowest BCUT2D eigenvalue weighted by Crippen LogP contribution is -2.29. The van der Waals surface area contributed by atoms with E-state index in [1.165, 1.54) is 19.5 Å². The van der Waals surface area contributed by atoms with Crippen molar-refractivity contribution in [2.24, 2.45) is 5.41 Å². The Kier molecular flexibility index (Phi) is 2.64. The van der Waals surface area contributed by atoms with Crippen LogP contribution in [0.3, 0.4) is 0 Å². The van der Waals surface area contributed by atoms with Gasteiger partial charge >= 0.3 is 5.97 Å². The van der Waals surface area contributed by atoms with Gasteiger partial charge < -0.3 is 4.74 Å². The van der Waals surface area contributed by atoms with Crippen LogP contribution in [0.5, 0.6) is 0 Å². The first-order valence-electron chi connectivity index (χ1n) is 6.40. The number of Topliss-reactive ketones (excluding diaryl/α,β-unsaturated/α-hetero) is 1. The van der Waals surface area contributed by atoms with Crippen LogP contribution in [0.1, 0.15) is 46.7 Å². The van der Waals surface area contributed by atoms with Gasteiger partial charge in [-0.15, -0.1) is 0 Å². The third-order valence-electron chi connectivity index (χ3n) is 3.62. The molecule has 0 saturated carbocycles. The molecular formula is C14H15N3O3. The first-order chi connectivity index (χ1) is 9.43. The van der Waals surface area contributed by atoms with E-state index < -0.39 is 5.97 Å². The highest BCUT2D eigenvalue weighted by atomic mass is 16.5. The van der Waals surface area contributed by atoms with E-state index in [0.717, 1.165) is 12.1 Å². The number of fused-ring (bicyclic) bond motifs is 3. The van der Waals surface area contributed by atoms with Crippen LogP contribution in [-0.2, 0) is 11.2 Å². The summed E-state index contributed by atoms with van der Waals surface area (Å²) in [6.07, 6.45) is 4.19. The molecule has 0 radical (unpaired) electrons. The smallest absolute Gasteiger partial charge is 0.343 e. The van der Waals surface area contributed by atoms with Gasteiger partial charge in [-0.1, -0.05) is 13.8 Å². The van der Waals surface area contributed by atoms with Crippen LogP contribution in [0.4, 0.5) is 0 Å². The van der Waals surface area contributed by atoms with Crippen molar-refractivity contribution < 1.29 is 14.3 Å². The number of hydrogen-bond acceptors (Lipinski definition) is 5. The number of aromatic nitrogens is 3. The van der Waals surface area contributed by atoms with Crippen LogP contribution in [0.25, 0.3) is 5.65 Å². The Hall–Kier alpha value is -2.24. The highest BCUT2D eigenvalue weighted by molar-refractivity contribution is 5.99. The molecule has 0 N–H and O–H groups in total. The summed E-state index contributed by atoms with van der Waals surface area (Å²) < 4.78 is 6.29. The second-order valence-electron chi connectivity index (χ2n) is 5.84. The van der Waals surface area contributed by atoms with E-state index in [1.54, 1.807) is 4.52 Å². The normalized spacial score (nSPS) is 17.1. The fourth-order valence-electron chi connectivity index (χ4n) is 2.68. The van der Waals surface area contributed by atoms with E-state index >= 15 is 0 Å². The quantitative estimate of drug-likeness (QED) is 0.739. The van der Waals surface area contributed by atoms with Gasteiger partial charge in [-0.2, -0.15) is 5.10 Å². The van der Waals surface area contributed by atoms with Crippen molar-refractivity contribution in [1.29, 1.82) is 0 Å². The van der Waals surface area contributed by atoms with Gasteiger partial charge in [0.15, 0.2) is 11.4 Å². The highest BCUT2D eigenvalue weighted by Crippen LogP contribution is 2.34. The lowest BCUT2D eigenvalue weighted by Gasteiger charge is -2.29. The molecular weight excluding hydrogens is 258 g/mol. The minimum atomic E-state index is -0.478. The molecule has 6 heteroatoms. The second-order valence-corrected chi connectivity index (χ2v) is 5.84.